The Morgan fingerprint density at radius 1 is 1.10 bits per heavy atom. The SMILES string of the molecule is C=C1CCC2C3CCC4CC(C)CCC4(C)C3=CCC12C. The highest BCUT2D eigenvalue weighted by Crippen LogP contribution is 2.65. The van der Waals surface area contributed by atoms with Crippen molar-refractivity contribution in [2.75, 3.05) is 0 Å². The zero-order chi connectivity index (χ0) is 14.8. The number of allylic oxidation sites excluding steroid dienone is 3. The minimum Gasteiger partial charge on any atom is -0.0993 e. The molecule has 0 amide bonds. The fourth-order valence-corrected chi connectivity index (χ4v) is 6.65. The van der Waals surface area contributed by atoms with Gasteiger partial charge in [-0.2, -0.15) is 0 Å². The molecule has 3 fully saturated rings. The normalized spacial score (nSPS) is 52.7. The van der Waals surface area contributed by atoms with E-state index in [0.717, 1.165) is 23.7 Å². The van der Waals surface area contributed by atoms with Crippen molar-refractivity contribution in [1.29, 1.82) is 0 Å². The lowest BCUT2D eigenvalue weighted by Gasteiger charge is -2.56. The average molecular weight is 284 g/mol. The van der Waals surface area contributed by atoms with E-state index in [2.05, 4.69) is 33.4 Å². The van der Waals surface area contributed by atoms with E-state index >= 15 is 0 Å². The lowest BCUT2D eigenvalue weighted by Crippen LogP contribution is -2.46. The van der Waals surface area contributed by atoms with Crippen LogP contribution in [0.4, 0.5) is 0 Å². The molecule has 0 radical (unpaired) electrons. The third-order valence-electron chi connectivity index (χ3n) is 8.24. The molecule has 0 aliphatic heterocycles. The Labute approximate surface area is 131 Å². The van der Waals surface area contributed by atoms with Crippen molar-refractivity contribution in [2.45, 2.75) is 72.1 Å². The van der Waals surface area contributed by atoms with Crippen molar-refractivity contribution < 1.29 is 0 Å². The van der Waals surface area contributed by atoms with Gasteiger partial charge in [0.05, 0.1) is 0 Å². The summed E-state index contributed by atoms with van der Waals surface area (Å²) in [6.07, 6.45) is 14.0. The van der Waals surface area contributed by atoms with Crippen molar-refractivity contribution in [3.05, 3.63) is 23.8 Å². The molecule has 0 N–H and O–H groups in total. The molecule has 6 unspecified atom stereocenters. The van der Waals surface area contributed by atoms with Crippen LogP contribution in [-0.2, 0) is 0 Å². The van der Waals surface area contributed by atoms with E-state index in [1.807, 2.05) is 5.57 Å². The molecule has 0 saturated heterocycles. The molecule has 0 nitrogen and oxygen atoms in total. The van der Waals surface area contributed by atoms with E-state index in [-0.39, 0.29) is 0 Å². The summed E-state index contributed by atoms with van der Waals surface area (Å²) < 4.78 is 0. The lowest BCUT2D eigenvalue weighted by molar-refractivity contribution is 0.0353. The molecule has 0 spiro atoms. The highest BCUT2D eigenvalue weighted by molar-refractivity contribution is 5.33. The second-order valence-electron chi connectivity index (χ2n) is 9.21. The Balaban J connectivity index is 1.71. The minimum absolute atomic E-state index is 0.430. The summed E-state index contributed by atoms with van der Waals surface area (Å²) in [6.45, 7) is 12.0. The van der Waals surface area contributed by atoms with Crippen LogP contribution in [0.3, 0.4) is 0 Å². The minimum atomic E-state index is 0.430. The summed E-state index contributed by atoms with van der Waals surface area (Å²) in [4.78, 5) is 0. The van der Waals surface area contributed by atoms with Crippen LogP contribution in [0.25, 0.3) is 0 Å². The Kier molecular flexibility index (Phi) is 3.02. The maximum atomic E-state index is 4.43. The van der Waals surface area contributed by atoms with Gasteiger partial charge in [0.1, 0.15) is 0 Å². The molecule has 116 valence electrons. The van der Waals surface area contributed by atoms with Gasteiger partial charge >= 0.3 is 0 Å². The molecule has 21 heavy (non-hydrogen) atoms. The van der Waals surface area contributed by atoms with Crippen molar-refractivity contribution in [2.24, 2.45) is 34.5 Å². The summed E-state index contributed by atoms with van der Waals surface area (Å²) in [6, 6.07) is 0. The lowest BCUT2D eigenvalue weighted by atomic mass is 9.48. The Morgan fingerprint density at radius 2 is 1.90 bits per heavy atom. The van der Waals surface area contributed by atoms with Gasteiger partial charge in [0, 0.05) is 0 Å². The number of hydrogen-bond donors (Lipinski definition) is 0. The predicted octanol–water partition coefficient (Wildman–Crippen LogP) is 6.14. The van der Waals surface area contributed by atoms with Crippen LogP contribution >= 0.6 is 0 Å². The zero-order valence-electron chi connectivity index (χ0n) is 14.3. The van der Waals surface area contributed by atoms with E-state index in [0.29, 0.717) is 10.8 Å². The number of rotatable bonds is 0. The first-order valence-electron chi connectivity index (χ1n) is 9.34. The van der Waals surface area contributed by atoms with Crippen molar-refractivity contribution in [3.8, 4) is 0 Å². The standard InChI is InChI=1S/C21H32/c1-14-9-11-21(4)16(13-14)6-7-17-18-8-5-15(2)20(18,3)12-10-19(17)21/h10,14,16-18H,2,5-9,11-13H2,1,3-4H3. The number of fused-ring (bicyclic) bond motifs is 5. The third-order valence-corrected chi connectivity index (χ3v) is 8.24. The molecular weight excluding hydrogens is 252 g/mol. The molecule has 0 heterocycles. The van der Waals surface area contributed by atoms with Gasteiger partial charge in [-0.15, -0.1) is 0 Å². The van der Waals surface area contributed by atoms with Crippen LogP contribution in [0.1, 0.15) is 72.1 Å². The van der Waals surface area contributed by atoms with E-state index in [1.54, 1.807) is 5.57 Å². The monoisotopic (exact) mass is 284 g/mol. The smallest absolute Gasteiger partial charge is 0.00505 e. The van der Waals surface area contributed by atoms with Gasteiger partial charge in [-0.1, -0.05) is 44.6 Å². The summed E-state index contributed by atoms with van der Waals surface area (Å²) in [7, 11) is 0. The van der Waals surface area contributed by atoms with Crippen LogP contribution in [-0.4, -0.2) is 0 Å². The Morgan fingerprint density at radius 3 is 2.71 bits per heavy atom. The Hall–Kier alpha value is -0.520. The topological polar surface area (TPSA) is 0 Å². The van der Waals surface area contributed by atoms with Crippen LogP contribution < -0.4 is 0 Å². The maximum absolute atomic E-state index is 4.43. The van der Waals surface area contributed by atoms with Crippen LogP contribution in [0.5, 0.6) is 0 Å². The van der Waals surface area contributed by atoms with Crippen molar-refractivity contribution >= 4 is 0 Å². The third kappa shape index (κ3) is 1.80. The van der Waals surface area contributed by atoms with Gasteiger partial charge in [-0.3, -0.25) is 0 Å². The first kappa shape index (κ1) is 14.1. The number of hydrogen-bond acceptors (Lipinski definition) is 0. The van der Waals surface area contributed by atoms with Gasteiger partial charge in [-0.05, 0) is 85.9 Å². The van der Waals surface area contributed by atoms with Gasteiger partial charge in [0.25, 0.3) is 0 Å². The molecule has 3 saturated carbocycles. The second-order valence-corrected chi connectivity index (χ2v) is 9.21. The van der Waals surface area contributed by atoms with E-state index in [4.69, 9.17) is 0 Å². The molecule has 0 aromatic carbocycles. The van der Waals surface area contributed by atoms with Crippen molar-refractivity contribution in [3.63, 3.8) is 0 Å². The Bertz CT molecular complexity index is 498. The summed E-state index contributed by atoms with van der Waals surface area (Å²) in [5.41, 5.74) is 4.41. The zero-order valence-corrected chi connectivity index (χ0v) is 14.3. The van der Waals surface area contributed by atoms with Gasteiger partial charge in [0.2, 0.25) is 0 Å². The second kappa shape index (κ2) is 4.49. The fourth-order valence-electron chi connectivity index (χ4n) is 6.65. The summed E-state index contributed by atoms with van der Waals surface area (Å²) in [5, 5.41) is 0. The molecule has 0 heteroatoms. The fraction of sp³-hybridized carbons (Fsp3) is 0.810. The van der Waals surface area contributed by atoms with Gasteiger partial charge < -0.3 is 0 Å². The van der Waals surface area contributed by atoms with Crippen LogP contribution in [0, 0.1) is 34.5 Å². The quantitative estimate of drug-likeness (QED) is 0.469. The molecule has 0 aromatic rings. The van der Waals surface area contributed by atoms with Gasteiger partial charge in [-0.25, -0.2) is 0 Å². The van der Waals surface area contributed by atoms with Gasteiger partial charge in [0.15, 0.2) is 0 Å². The van der Waals surface area contributed by atoms with Crippen LogP contribution in [0.15, 0.2) is 23.8 Å². The van der Waals surface area contributed by atoms with E-state index in [9.17, 15) is 0 Å². The summed E-state index contributed by atoms with van der Waals surface area (Å²) >= 11 is 0. The average Bonchev–Trinajstić information content (AvgIpc) is 2.76. The predicted molar refractivity (Wildman–Crippen MR) is 90.0 cm³/mol. The summed E-state index contributed by atoms with van der Waals surface area (Å²) in [5.74, 6) is 3.72. The molecule has 0 aromatic heterocycles. The van der Waals surface area contributed by atoms with Crippen molar-refractivity contribution in [1.82, 2.24) is 0 Å². The van der Waals surface area contributed by atoms with E-state index < -0.39 is 0 Å². The molecule has 4 aliphatic rings. The highest BCUT2D eigenvalue weighted by atomic mass is 14.6. The largest absolute Gasteiger partial charge is 0.0993 e. The highest BCUT2D eigenvalue weighted by Gasteiger charge is 2.55. The first-order chi connectivity index (χ1) is 9.95. The van der Waals surface area contributed by atoms with Crippen LogP contribution in [0.2, 0.25) is 0 Å². The molecule has 4 aliphatic carbocycles. The molecular formula is C21H32. The maximum Gasteiger partial charge on any atom is -0.00505 e. The molecule has 6 atom stereocenters. The molecule has 4 rings (SSSR count). The molecule has 0 bridgehead atoms. The van der Waals surface area contributed by atoms with E-state index in [1.165, 1.54) is 51.4 Å². The first-order valence-corrected chi connectivity index (χ1v) is 9.34.